The van der Waals surface area contributed by atoms with Crippen molar-refractivity contribution in [2.75, 3.05) is 18.8 Å². The Kier molecular flexibility index (Phi) is 4.65. The number of aromatic nitrogens is 2. The molecule has 0 saturated carbocycles. The van der Waals surface area contributed by atoms with Crippen molar-refractivity contribution < 1.29 is 8.42 Å². The molecule has 0 aliphatic carbocycles. The van der Waals surface area contributed by atoms with Crippen molar-refractivity contribution >= 4 is 21.4 Å². The molecule has 6 nitrogen and oxygen atoms in total. The van der Waals surface area contributed by atoms with Gasteiger partial charge in [0.15, 0.2) is 0 Å². The van der Waals surface area contributed by atoms with E-state index in [-0.39, 0.29) is 17.4 Å². The minimum absolute atomic E-state index is 0.0503. The van der Waals surface area contributed by atoms with Crippen molar-refractivity contribution in [2.24, 2.45) is 0 Å². The van der Waals surface area contributed by atoms with E-state index in [1.807, 2.05) is 17.5 Å². The van der Waals surface area contributed by atoms with Crippen LogP contribution in [0.25, 0.3) is 10.6 Å². The van der Waals surface area contributed by atoms with Gasteiger partial charge in [-0.15, -0.1) is 11.3 Å². The summed E-state index contributed by atoms with van der Waals surface area (Å²) in [5.41, 5.74) is 0.644. The molecular weight excluding hydrogens is 334 g/mol. The van der Waals surface area contributed by atoms with Gasteiger partial charge in [-0.2, -0.15) is 5.10 Å². The summed E-state index contributed by atoms with van der Waals surface area (Å²) in [5.74, 6) is 0.115. The van der Waals surface area contributed by atoms with E-state index in [2.05, 4.69) is 5.10 Å². The third-order valence-electron chi connectivity index (χ3n) is 4.13. The summed E-state index contributed by atoms with van der Waals surface area (Å²) >= 11 is 1.58. The van der Waals surface area contributed by atoms with Crippen molar-refractivity contribution in [3.05, 3.63) is 40.0 Å². The van der Waals surface area contributed by atoms with Gasteiger partial charge in [-0.3, -0.25) is 4.79 Å². The third-order valence-corrected chi connectivity index (χ3v) is 6.90. The van der Waals surface area contributed by atoms with E-state index in [1.165, 1.54) is 15.1 Å². The molecule has 23 heavy (non-hydrogen) atoms. The Balaban J connectivity index is 1.81. The highest BCUT2D eigenvalue weighted by molar-refractivity contribution is 7.89. The van der Waals surface area contributed by atoms with Crippen LogP contribution in [0.1, 0.15) is 25.8 Å². The molecule has 0 spiro atoms. The fourth-order valence-corrected chi connectivity index (χ4v) is 4.61. The second-order valence-electron chi connectivity index (χ2n) is 5.51. The lowest BCUT2D eigenvalue weighted by molar-refractivity contribution is 0.256. The maximum atomic E-state index is 12.1. The van der Waals surface area contributed by atoms with Crippen LogP contribution in [0, 0.1) is 0 Å². The highest BCUT2D eigenvalue weighted by Gasteiger charge is 2.28. The zero-order valence-electron chi connectivity index (χ0n) is 12.9. The molecule has 0 aromatic carbocycles. The molecule has 1 saturated heterocycles. The summed E-state index contributed by atoms with van der Waals surface area (Å²) in [6.45, 7) is 2.54. The Bertz CT molecular complexity index is 820. The molecule has 2 aromatic rings. The van der Waals surface area contributed by atoms with E-state index >= 15 is 0 Å². The smallest absolute Gasteiger partial charge is 0.267 e. The maximum Gasteiger partial charge on any atom is 0.267 e. The van der Waals surface area contributed by atoms with E-state index in [1.54, 1.807) is 24.3 Å². The van der Waals surface area contributed by atoms with Gasteiger partial charge < -0.3 is 0 Å². The first-order valence-electron chi connectivity index (χ1n) is 7.63. The van der Waals surface area contributed by atoms with Gasteiger partial charge in [0, 0.05) is 19.2 Å². The average molecular weight is 353 g/mol. The van der Waals surface area contributed by atoms with Crippen LogP contribution in [0.2, 0.25) is 0 Å². The number of thiophene rings is 1. The SMILES string of the molecule is CCS(=O)(=O)N1CCC(n2nc(-c3cccs3)ccc2=O)CC1. The highest BCUT2D eigenvalue weighted by Crippen LogP contribution is 2.25. The summed E-state index contributed by atoms with van der Waals surface area (Å²) in [7, 11) is -3.15. The Morgan fingerprint density at radius 3 is 2.61 bits per heavy atom. The molecule has 0 atom stereocenters. The van der Waals surface area contributed by atoms with Crippen LogP contribution < -0.4 is 5.56 Å². The van der Waals surface area contributed by atoms with Gasteiger partial charge in [0.25, 0.3) is 5.56 Å². The lowest BCUT2D eigenvalue weighted by Crippen LogP contribution is -2.41. The van der Waals surface area contributed by atoms with Crippen LogP contribution in [0.5, 0.6) is 0 Å². The van der Waals surface area contributed by atoms with Crippen LogP contribution in [-0.2, 0) is 10.0 Å². The lowest BCUT2D eigenvalue weighted by atomic mass is 10.1. The molecule has 3 rings (SSSR count). The van der Waals surface area contributed by atoms with Crippen molar-refractivity contribution in [2.45, 2.75) is 25.8 Å². The molecule has 0 amide bonds. The van der Waals surface area contributed by atoms with Gasteiger partial charge in [0.05, 0.1) is 16.7 Å². The van der Waals surface area contributed by atoms with Crippen LogP contribution in [0.4, 0.5) is 0 Å². The fourth-order valence-electron chi connectivity index (χ4n) is 2.79. The second-order valence-corrected chi connectivity index (χ2v) is 8.71. The molecule has 1 fully saturated rings. The third kappa shape index (κ3) is 3.39. The highest BCUT2D eigenvalue weighted by atomic mass is 32.2. The first kappa shape index (κ1) is 16.4. The summed E-state index contributed by atoms with van der Waals surface area (Å²) in [6, 6.07) is 7.15. The molecule has 1 aliphatic rings. The van der Waals surface area contributed by atoms with E-state index in [0.29, 0.717) is 25.9 Å². The second kappa shape index (κ2) is 6.54. The number of sulfonamides is 1. The first-order chi connectivity index (χ1) is 11.0. The fraction of sp³-hybridized carbons (Fsp3) is 0.467. The molecule has 8 heteroatoms. The van der Waals surface area contributed by atoms with Crippen molar-refractivity contribution in [3.63, 3.8) is 0 Å². The van der Waals surface area contributed by atoms with Gasteiger partial charge in [-0.05, 0) is 37.3 Å². The predicted molar refractivity (Wildman–Crippen MR) is 91.1 cm³/mol. The molecule has 0 radical (unpaired) electrons. The van der Waals surface area contributed by atoms with Gasteiger partial charge >= 0.3 is 0 Å². The molecule has 0 unspecified atom stereocenters. The molecule has 1 aliphatic heterocycles. The number of rotatable bonds is 4. The van der Waals surface area contributed by atoms with Crippen LogP contribution in [0.15, 0.2) is 34.4 Å². The van der Waals surface area contributed by atoms with E-state index in [0.717, 1.165) is 10.6 Å². The molecule has 3 heterocycles. The molecule has 0 bridgehead atoms. The minimum atomic E-state index is -3.15. The largest absolute Gasteiger partial charge is 0.268 e. The molecular formula is C15H19N3O3S2. The Morgan fingerprint density at radius 1 is 1.26 bits per heavy atom. The van der Waals surface area contributed by atoms with Crippen molar-refractivity contribution in [3.8, 4) is 10.6 Å². The van der Waals surface area contributed by atoms with Crippen molar-refractivity contribution in [1.29, 1.82) is 0 Å². The standard InChI is InChI=1S/C15H19N3O3S2/c1-2-23(20,21)17-9-7-12(8-10-17)18-15(19)6-5-13(16-18)14-4-3-11-22-14/h3-6,11-12H,2,7-10H2,1H3. The van der Waals surface area contributed by atoms with E-state index in [9.17, 15) is 13.2 Å². The Morgan fingerprint density at radius 2 is 2.00 bits per heavy atom. The number of hydrogen-bond acceptors (Lipinski definition) is 5. The minimum Gasteiger partial charge on any atom is -0.268 e. The molecule has 0 N–H and O–H groups in total. The zero-order valence-corrected chi connectivity index (χ0v) is 14.5. The monoisotopic (exact) mass is 353 g/mol. The van der Waals surface area contributed by atoms with E-state index in [4.69, 9.17) is 0 Å². The molecule has 124 valence electrons. The number of hydrogen-bond donors (Lipinski definition) is 0. The van der Waals surface area contributed by atoms with Crippen LogP contribution in [-0.4, -0.2) is 41.3 Å². The topological polar surface area (TPSA) is 72.3 Å². The van der Waals surface area contributed by atoms with Gasteiger partial charge in [0.1, 0.15) is 5.69 Å². The van der Waals surface area contributed by atoms with Gasteiger partial charge in [0.2, 0.25) is 10.0 Å². The van der Waals surface area contributed by atoms with E-state index < -0.39 is 10.0 Å². The Hall–Kier alpha value is -1.51. The summed E-state index contributed by atoms with van der Waals surface area (Å²) in [6.07, 6.45) is 1.22. The number of nitrogens with zero attached hydrogens (tertiary/aromatic N) is 3. The maximum absolute atomic E-state index is 12.1. The van der Waals surface area contributed by atoms with Gasteiger partial charge in [-0.25, -0.2) is 17.4 Å². The summed E-state index contributed by atoms with van der Waals surface area (Å²) in [5, 5.41) is 6.47. The molecule has 2 aromatic heterocycles. The quantitative estimate of drug-likeness (QED) is 0.842. The van der Waals surface area contributed by atoms with Crippen LogP contribution >= 0.6 is 11.3 Å². The average Bonchev–Trinajstić information content (AvgIpc) is 3.10. The van der Waals surface area contributed by atoms with Crippen LogP contribution in [0.3, 0.4) is 0 Å². The van der Waals surface area contributed by atoms with Crippen molar-refractivity contribution in [1.82, 2.24) is 14.1 Å². The normalized spacial score (nSPS) is 17.4. The van der Waals surface area contributed by atoms with Gasteiger partial charge in [-0.1, -0.05) is 6.07 Å². The Labute approximate surface area is 139 Å². The number of piperidine rings is 1. The lowest BCUT2D eigenvalue weighted by Gasteiger charge is -2.31. The first-order valence-corrected chi connectivity index (χ1v) is 10.1. The summed E-state index contributed by atoms with van der Waals surface area (Å²) in [4.78, 5) is 13.2. The summed E-state index contributed by atoms with van der Waals surface area (Å²) < 4.78 is 26.9. The zero-order chi connectivity index (χ0) is 16.4. The predicted octanol–water partition coefficient (Wildman–Crippen LogP) is 1.96.